The molecule has 0 aromatic carbocycles. The number of nitrogens with zero attached hydrogens (tertiary/aromatic N) is 2. The minimum atomic E-state index is -4.43. The van der Waals surface area contributed by atoms with Gasteiger partial charge in [0.1, 0.15) is 0 Å². The van der Waals surface area contributed by atoms with Crippen LogP contribution in [0, 0.1) is 0 Å². The fourth-order valence-corrected chi connectivity index (χ4v) is 0.607. The number of hydrogen-bond donors (Lipinski definition) is 1. The van der Waals surface area contributed by atoms with Crippen LogP contribution in [0.5, 0.6) is 0 Å². The first kappa shape index (κ1) is 8.92. The molecule has 0 atom stereocenters. The van der Waals surface area contributed by atoms with E-state index in [9.17, 15) is 13.2 Å². The summed E-state index contributed by atoms with van der Waals surface area (Å²) in [4.78, 5) is 6.61. The molecule has 0 radical (unpaired) electrons. The van der Waals surface area contributed by atoms with E-state index in [1.165, 1.54) is 0 Å². The molecule has 0 saturated heterocycles. The molecule has 0 spiro atoms. The normalized spacial score (nSPS) is 11.7. The van der Waals surface area contributed by atoms with Gasteiger partial charge in [-0.05, 0) is 0 Å². The summed E-state index contributed by atoms with van der Waals surface area (Å²) in [6, 6.07) is 0. The number of rotatable bonds is 1. The van der Waals surface area contributed by atoms with Gasteiger partial charge < -0.3 is 5.73 Å². The molecule has 0 unspecified atom stereocenters. The Morgan fingerprint density at radius 3 is 2.25 bits per heavy atom. The number of hydrogen-bond acceptors (Lipinski definition) is 3. The van der Waals surface area contributed by atoms with Crippen LogP contribution in [0.15, 0.2) is 12.4 Å². The van der Waals surface area contributed by atoms with Crippen molar-refractivity contribution in [3.63, 3.8) is 0 Å². The van der Waals surface area contributed by atoms with Crippen LogP contribution < -0.4 is 5.73 Å². The summed E-state index contributed by atoms with van der Waals surface area (Å²) in [5.41, 5.74) is 4.46. The van der Waals surface area contributed by atoms with Gasteiger partial charge in [-0.1, -0.05) is 0 Å². The second-order valence-corrected chi connectivity index (χ2v) is 2.09. The molecule has 0 aliphatic rings. The first-order valence-corrected chi connectivity index (χ1v) is 3.12. The van der Waals surface area contributed by atoms with Crippen molar-refractivity contribution in [2.45, 2.75) is 12.7 Å². The Balaban J connectivity index is 2.93. The highest BCUT2D eigenvalue weighted by molar-refractivity contribution is 5.04. The van der Waals surface area contributed by atoms with Crippen molar-refractivity contribution < 1.29 is 13.2 Å². The first-order chi connectivity index (χ1) is 5.54. The maximum atomic E-state index is 11.9. The highest BCUT2D eigenvalue weighted by atomic mass is 19.4. The largest absolute Gasteiger partial charge is 0.434 e. The van der Waals surface area contributed by atoms with E-state index in [0.717, 1.165) is 6.20 Å². The summed E-state index contributed by atoms with van der Waals surface area (Å²) >= 11 is 0. The lowest BCUT2D eigenvalue weighted by Crippen LogP contribution is -2.10. The van der Waals surface area contributed by atoms with E-state index in [1.54, 1.807) is 0 Å². The smallest absolute Gasteiger partial charge is 0.325 e. The zero-order valence-electron chi connectivity index (χ0n) is 5.97. The Labute approximate surface area is 66.4 Å². The number of alkyl halides is 3. The quantitative estimate of drug-likeness (QED) is 0.694. The molecule has 0 saturated carbocycles. The molecule has 0 aliphatic carbocycles. The van der Waals surface area contributed by atoms with Gasteiger partial charge in [0.25, 0.3) is 0 Å². The van der Waals surface area contributed by atoms with Crippen molar-refractivity contribution in [1.29, 1.82) is 0 Å². The van der Waals surface area contributed by atoms with Crippen molar-refractivity contribution >= 4 is 0 Å². The lowest BCUT2D eigenvalue weighted by molar-refractivity contribution is -0.141. The Kier molecular flexibility index (Phi) is 2.27. The first-order valence-electron chi connectivity index (χ1n) is 3.12. The standard InChI is InChI=1S/C6H6F3N3/c7-6(8,9)5-3-11-4(1-10)2-12-5/h2-3H,1,10H2. The highest BCUT2D eigenvalue weighted by Gasteiger charge is 2.32. The van der Waals surface area contributed by atoms with Gasteiger partial charge in [-0.2, -0.15) is 13.2 Å². The van der Waals surface area contributed by atoms with E-state index < -0.39 is 11.9 Å². The van der Waals surface area contributed by atoms with Crippen LogP contribution in [0.25, 0.3) is 0 Å². The number of nitrogens with two attached hydrogens (primary N) is 1. The van der Waals surface area contributed by atoms with E-state index in [0.29, 0.717) is 11.9 Å². The SMILES string of the molecule is NCc1cnc(C(F)(F)F)cn1. The Morgan fingerprint density at radius 1 is 1.25 bits per heavy atom. The third-order valence-corrected chi connectivity index (χ3v) is 1.20. The molecule has 0 fully saturated rings. The average Bonchev–Trinajstić information content (AvgIpc) is 2.03. The molecule has 6 heteroatoms. The average molecular weight is 177 g/mol. The number of halogens is 3. The summed E-state index contributed by atoms with van der Waals surface area (Å²) in [6.45, 7) is 0.0884. The molecular formula is C6H6F3N3. The van der Waals surface area contributed by atoms with E-state index in [4.69, 9.17) is 5.73 Å². The van der Waals surface area contributed by atoms with Crippen molar-refractivity contribution in [1.82, 2.24) is 9.97 Å². The third kappa shape index (κ3) is 1.91. The van der Waals surface area contributed by atoms with Gasteiger partial charge in [0.15, 0.2) is 5.69 Å². The van der Waals surface area contributed by atoms with Crippen LogP contribution in [0.2, 0.25) is 0 Å². The maximum Gasteiger partial charge on any atom is 0.434 e. The van der Waals surface area contributed by atoms with E-state index in [-0.39, 0.29) is 6.54 Å². The van der Waals surface area contributed by atoms with Gasteiger partial charge in [0.2, 0.25) is 0 Å². The lowest BCUT2D eigenvalue weighted by Gasteiger charge is -2.04. The Hall–Kier alpha value is -1.17. The summed E-state index contributed by atoms with van der Waals surface area (Å²) in [6.07, 6.45) is -2.74. The van der Waals surface area contributed by atoms with Gasteiger partial charge in [0, 0.05) is 6.54 Å². The molecule has 66 valence electrons. The van der Waals surface area contributed by atoms with Gasteiger partial charge >= 0.3 is 6.18 Å². The second kappa shape index (κ2) is 3.06. The molecule has 0 amide bonds. The molecular weight excluding hydrogens is 171 g/mol. The van der Waals surface area contributed by atoms with Crippen LogP contribution >= 0.6 is 0 Å². The fraction of sp³-hybridized carbons (Fsp3) is 0.333. The topological polar surface area (TPSA) is 51.8 Å². The van der Waals surface area contributed by atoms with Gasteiger partial charge in [-0.25, -0.2) is 4.98 Å². The van der Waals surface area contributed by atoms with Crippen molar-refractivity contribution in [2.75, 3.05) is 0 Å². The van der Waals surface area contributed by atoms with Gasteiger partial charge in [0.05, 0.1) is 18.1 Å². The lowest BCUT2D eigenvalue weighted by atomic mass is 10.4. The van der Waals surface area contributed by atoms with Crippen molar-refractivity contribution in [2.24, 2.45) is 5.73 Å². The summed E-state index contributed by atoms with van der Waals surface area (Å²) in [5.74, 6) is 0. The molecule has 3 nitrogen and oxygen atoms in total. The monoisotopic (exact) mass is 177 g/mol. The van der Waals surface area contributed by atoms with Crippen LogP contribution in [-0.2, 0) is 12.7 Å². The molecule has 2 N–H and O–H groups in total. The predicted octanol–water partition coefficient (Wildman–Crippen LogP) is 0.954. The molecule has 1 aromatic heterocycles. The minimum absolute atomic E-state index is 0.0884. The van der Waals surface area contributed by atoms with Crippen LogP contribution in [0.1, 0.15) is 11.4 Å². The van der Waals surface area contributed by atoms with Crippen LogP contribution in [0.4, 0.5) is 13.2 Å². The van der Waals surface area contributed by atoms with E-state index in [1.807, 2.05) is 0 Å². The van der Waals surface area contributed by atoms with E-state index >= 15 is 0 Å². The highest BCUT2D eigenvalue weighted by Crippen LogP contribution is 2.26. The zero-order valence-corrected chi connectivity index (χ0v) is 5.97. The molecule has 0 aliphatic heterocycles. The van der Waals surface area contributed by atoms with Crippen molar-refractivity contribution in [3.8, 4) is 0 Å². The second-order valence-electron chi connectivity index (χ2n) is 2.09. The molecule has 0 bridgehead atoms. The summed E-state index contributed by atoms with van der Waals surface area (Å²) in [5, 5.41) is 0. The molecule has 1 aromatic rings. The number of aromatic nitrogens is 2. The van der Waals surface area contributed by atoms with E-state index in [2.05, 4.69) is 9.97 Å². The molecule has 1 rings (SSSR count). The van der Waals surface area contributed by atoms with Gasteiger partial charge in [-0.3, -0.25) is 4.98 Å². The summed E-state index contributed by atoms with van der Waals surface area (Å²) in [7, 11) is 0. The Bertz CT molecular complexity index is 254. The molecule has 1 heterocycles. The van der Waals surface area contributed by atoms with Crippen molar-refractivity contribution in [3.05, 3.63) is 23.8 Å². The van der Waals surface area contributed by atoms with Crippen LogP contribution in [0.3, 0.4) is 0 Å². The van der Waals surface area contributed by atoms with Crippen LogP contribution in [-0.4, -0.2) is 9.97 Å². The molecule has 12 heavy (non-hydrogen) atoms. The van der Waals surface area contributed by atoms with Gasteiger partial charge in [-0.15, -0.1) is 0 Å². The zero-order chi connectivity index (χ0) is 9.19. The summed E-state index contributed by atoms with van der Waals surface area (Å²) < 4.78 is 35.7. The maximum absolute atomic E-state index is 11.9. The third-order valence-electron chi connectivity index (χ3n) is 1.20. The predicted molar refractivity (Wildman–Crippen MR) is 34.9 cm³/mol. The minimum Gasteiger partial charge on any atom is -0.325 e. The fourth-order valence-electron chi connectivity index (χ4n) is 0.607. The Morgan fingerprint density at radius 2 is 1.92 bits per heavy atom.